The van der Waals surface area contributed by atoms with Crippen molar-refractivity contribution in [2.45, 2.75) is 13.0 Å². The number of nitrogens with zero attached hydrogens (tertiary/aromatic N) is 1. The SMILES string of the molecule is COCC(C)Oc1nc(C(=O)O)co1. The maximum absolute atomic E-state index is 10.4. The topological polar surface area (TPSA) is 81.8 Å². The second-order valence-corrected chi connectivity index (χ2v) is 2.69. The summed E-state index contributed by atoms with van der Waals surface area (Å²) < 4.78 is 14.7. The van der Waals surface area contributed by atoms with Gasteiger partial charge >= 0.3 is 12.0 Å². The van der Waals surface area contributed by atoms with Crippen molar-refractivity contribution in [2.24, 2.45) is 0 Å². The molecule has 1 rings (SSSR count). The van der Waals surface area contributed by atoms with E-state index < -0.39 is 5.97 Å². The molecule has 1 N–H and O–H groups in total. The average molecular weight is 201 g/mol. The maximum atomic E-state index is 10.4. The summed E-state index contributed by atoms with van der Waals surface area (Å²) in [4.78, 5) is 14.0. The van der Waals surface area contributed by atoms with Crippen LogP contribution < -0.4 is 4.74 Å². The minimum absolute atomic E-state index is 0.0630. The van der Waals surface area contributed by atoms with E-state index in [-0.39, 0.29) is 17.9 Å². The van der Waals surface area contributed by atoms with E-state index in [1.807, 2.05) is 0 Å². The Hall–Kier alpha value is -1.56. The lowest BCUT2D eigenvalue weighted by atomic mass is 10.4. The Labute approximate surface area is 80.5 Å². The van der Waals surface area contributed by atoms with Crippen LogP contribution in [0.5, 0.6) is 6.08 Å². The molecule has 0 bridgehead atoms. The van der Waals surface area contributed by atoms with Crippen molar-refractivity contribution in [1.29, 1.82) is 0 Å². The van der Waals surface area contributed by atoms with Crippen LogP contribution in [0.4, 0.5) is 0 Å². The van der Waals surface area contributed by atoms with Gasteiger partial charge in [0.25, 0.3) is 0 Å². The maximum Gasteiger partial charge on any atom is 0.394 e. The van der Waals surface area contributed by atoms with E-state index in [4.69, 9.17) is 19.0 Å². The highest BCUT2D eigenvalue weighted by molar-refractivity contribution is 5.84. The smallest absolute Gasteiger partial charge is 0.394 e. The lowest BCUT2D eigenvalue weighted by Gasteiger charge is -2.08. The first-order chi connectivity index (χ1) is 6.63. The molecule has 1 aromatic rings. The average Bonchev–Trinajstić information content (AvgIpc) is 2.53. The zero-order valence-corrected chi connectivity index (χ0v) is 7.89. The van der Waals surface area contributed by atoms with E-state index in [2.05, 4.69) is 4.98 Å². The Bertz CT molecular complexity index is 308. The van der Waals surface area contributed by atoms with Gasteiger partial charge in [0, 0.05) is 7.11 Å². The second kappa shape index (κ2) is 4.61. The van der Waals surface area contributed by atoms with E-state index in [0.717, 1.165) is 6.26 Å². The highest BCUT2D eigenvalue weighted by Crippen LogP contribution is 2.11. The molecule has 0 radical (unpaired) electrons. The first-order valence-corrected chi connectivity index (χ1v) is 3.98. The van der Waals surface area contributed by atoms with E-state index in [1.54, 1.807) is 6.92 Å². The summed E-state index contributed by atoms with van der Waals surface area (Å²) in [6.07, 6.45) is 0.726. The molecular weight excluding hydrogens is 190 g/mol. The summed E-state index contributed by atoms with van der Waals surface area (Å²) in [7, 11) is 1.54. The Kier molecular flexibility index (Phi) is 3.47. The molecule has 1 heterocycles. The molecule has 0 saturated heterocycles. The van der Waals surface area contributed by atoms with E-state index >= 15 is 0 Å². The molecule has 0 aliphatic heterocycles. The molecule has 1 unspecified atom stereocenters. The number of aromatic carboxylic acids is 1. The van der Waals surface area contributed by atoms with E-state index in [9.17, 15) is 4.79 Å². The Morgan fingerprint density at radius 1 is 1.79 bits per heavy atom. The van der Waals surface area contributed by atoms with Crippen molar-refractivity contribution >= 4 is 5.97 Å². The summed E-state index contributed by atoms with van der Waals surface area (Å²) in [5, 5.41) is 8.53. The molecule has 1 aromatic heterocycles. The number of ether oxygens (including phenoxy) is 2. The Morgan fingerprint density at radius 3 is 3.00 bits per heavy atom. The van der Waals surface area contributed by atoms with Gasteiger partial charge in [0.15, 0.2) is 5.69 Å². The number of carbonyl (C=O) groups is 1. The van der Waals surface area contributed by atoms with Gasteiger partial charge in [-0.05, 0) is 6.92 Å². The minimum atomic E-state index is -1.15. The molecule has 0 saturated carbocycles. The zero-order chi connectivity index (χ0) is 10.6. The van der Waals surface area contributed by atoms with E-state index in [1.165, 1.54) is 7.11 Å². The predicted molar refractivity (Wildman–Crippen MR) is 45.4 cm³/mol. The molecule has 78 valence electrons. The normalized spacial score (nSPS) is 12.4. The van der Waals surface area contributed by atoms with Crippen molar-refractivity contribution in [3.8, 4) is 6.08 Å². The monoisotopic (exact) mass is 201 g/mol. The zero-order valence-electron chi connectivity index (χ0n) is 7.89. The summed E-state index contributed by atoms with van der Waals surface area (Å²) in [6.45, 7) is 2.14. The predicted octanol–water partition coefficient (Wildman–Crippen LogP) is 0.786. The molecule has 0 spiro atoms. The van der Waals surface area contributed by atoms with Crippen LogP contribution in [0, 0.1) is 0 Å². The number of aromatic nitrogens is 1. The van der Waals surface area contributed by atoms with Crippen LogP contribution >= 0.6 is 0 Å². The van der Waals surface area contributed by atoms with Gasteiger partial charge < -0.3 is 19.0 Å². The van der Waals surface area contributed by atoms with Gasteiger partial charge in [-0.2, -0.15) is 4.98 Å². The fourth-order valence-corrected chi connectivity index (χ4v) is 0.850. The molecule has 0 aliphatic carbocycles. The standard InChI is InChI=1S/C8H11NO5/c1-5(3-12-2)14-8-9-6(4-13-8)7(10)11/h4-5H,3H2,1-2H3,(H,10,11). The molecule has 0 fully saturated rings. The quantitative estimate of drug-likeness (QED) is 0.758. The fourth-order valence-electron chi connectivity index (χ4n) is 0.850. The van der Waals surface area contributed by atoms with Gasteiger partial charge in [-0.15, -0.1) is 0 Å². The number of hydrogen-bond donors (Lipinski definition) is 1. The number of methoxy groups -OCH3 is 1. The largest absolute Gasteiger partial charge is 0.476 e. The third-order valence-electron chi connectivity index (χ3n) is 1.41. The molecular formula is C8H11NO5. The van der Waals surface area contributed by atoms with Gasteiger partial charge in [-0.3, -0.25) is 0 Å². The number of carboxylic acid groups (broad SMARTS) is 1. The third-order valence-corrected chi connectivity index (χ3v) is 1.41. The molecule has 14 heavy (non-hydrogen) atoms. The van der Waals surface area contributed by atoms with Crippen molar-refractivity contribution in [3.63, 3.8) is 0 Å². The summed E-state index contributed by atoms with van der Waals surface area (Å²) in [5.41, 5.74) is -0.176. The van der Waals surface area contributed by atoms with Gasteiger partial charge in [0.1, 0.15) is 12.4 Å². The minimum Gasteiger partial charge on any atom is -0.476 e. The molecule has 6 nitrogen and oxygen atoms in total. The second-order valence-electron chi connectivity index (χ2n) is 2.69. The molecule has 1 atom stereocenters. The van der Waals surface area contributed by atoms with Crippen LogP contribution in [0.25, 0.3) is 0 Å². The van der Waals surface area contributed by atoms with Crippen LogP contribution in [-0.4, -0.2) is 35.9 Å². The summed E-state index contributed by atoms with van der Waals surface area (Å²) >= 11 is 0. The first kappa shape index (κ1) is 10.5. The molecule has 0 aromatic carbocycles. The lowest BCUT2D eigenvalue weighted by Crippen LogP contribution is -2.18. The first-order valence-electron chi connectivity index (χ1n) is 3.98. The molecule has 0 amide bonds. The van der Waals surface area contributed by atoms with Crippen molar-refractivity contribution in [2.75, 3.05) is 13.7 Å². The number of hydrogen-bond acceptors (Lipinski definition) is 5. The summed E-state index contributed by atoms with van der Waals surface area (Å²) in [5.74, 6) is -1.15. The molecule has 0 aliphatic rings. The van der Waals surface area contributed by atoms with Gasteiger partial charge in [0.05, 0.1) is 6.61 Å². The van der Waals surface area contributed by atoms with Gasteiger partial charge in [-0.25, -0.2) is 4.79 Å². The number of oxazole rings is 1. The van der Waals surface area contributed by atoms with Crippen LogP contribution in [0.15, 0.2) is 10.7 Å². The van der Waals surface area contributed by atoms with Crippen molar-refractivity contribution in [1.82, 2.24) is 4.98 Å². The van der Waals surface area contributed by atoms with Crippen molar-refractivity contribution in [3.05, 3.63) is 12.0 Å². The van der Waals surface area contributed by atoms with Gasteiger partial charge in [-0.1, -0.05) is 0 Å². The highest BCUT2D eigenvalue weighted by atomic mass is 16.6. The lowest BCUT2D eigenvalue weighted by molar-refractivity contribution is 0.0678. The summed E-state index contributed by atoms with van der Waals surface area (Å²) in [6, 6.07) is 0. The van der Waals surface area contributed by atoms with Crippen LogP contribution in [-0.2, 0) is 4.74 Å². The van der Waals surface area contributed by atoms with Crippen LogP contribution in [0.3, 0.4) is 0 Å². The van der Waals surface area contributed by atoms with Gasteiger partial charge in [0.2, 0.25) is 0 Å². The Balaban J connectivity index is 2.55. The fraction of sp³-hybridized carbons (Fsp3) is 0.500. The molecule has 6 heteroatoms. The number of rotatable bonds is 5. The van der Waals surface area contributed by atoms with Crippen LogP contribution in [0.1, 0.15) is 17.4 Å². The third kappa shape index (κ3) is 2.74. The Morgan fingerprint density at radius 2 is 2.50 bits per heavy atom. The van der Waals surface area contributed by atoms with Crippen LogP contribution in [0.2, 0.25) is 0 Å². The van der Waals surface area contributed by atoms with E-state index in [0.29, 0.717) is 6.61 Å². The number of carboxylic acids is 1. The highest BCUT2D eigenvalue weighted by Gasteiger charge is 2.13. The van der Waals surface area contributed by atoms with Crippen molar-refractivity contribution < 1.29 is 23.8 Å².